The van der Waals surface area contributed by atoms with Crippen LogP contribution < -0.4 is 4.90 Å². The molecule has 3 atom stereocenters. The second-order valence-corrected chi connectivity index (χ2v) is 7.29. The SMILES string of the molecule is CC1=CC(O/C=C2/C(=O)N(c3ccccc3)C3Cc4ccccc4C23)OC1=O. The molecule has 0 aromatic heterocycles. The van der Waals surface area contributed by atoms with Crippen molar-refractivity contribution in [2.75, 3.05) is 4.90 Å². The standard InChI is InChI=1S/C23H19NO4/c1-14-11-20(28-23(14)26)27-13-18-21-17-10-6-5-7-15(17)12-19(21)24(22(18)25)16-8-3-2-4-9-16/h2-11,13,19-21H,12H2,1H3/b18-13+. The Hall–Kier alpha value is -3.34. The number of amides is 1. The molecule has 2 aromatic rings. The number of hydrogen-bond acceptors (Lipinski definition) is 4. The lowest BCUT2D eigenvalue weighted by Gasteiger charge is -2.23. The van der Waals surface area contributed by atoms with E-state index in [0.29, 0.717) is 11.1 Å². The predicted molar refractivity (Wildman–Crippen MR) is 103 cm³/mol. The van der Waals surface area contributed by atoms with Crippen LogP contribution >= 0.6 is 0 Å². The number of carbonyl (C=O) groups excluding carboxylic acids is 2. The number of hydrogen-bond donors (Lipinski definition) is 0. The Morgan fingerprint density at radius 2 is 1.82 bits per heavy atom. The van der Waals surface area contributed by atoms with E-state index in [4.69, 9.17) is 9.47 Å². The third-order valence-corrected chi connectivity index (χ3v) is 5.63. The number of fused-ring (bicyclic) bond motifs is 3. The minimum atomic E-state index is -0.784. The van der Waals surface area contributed by atoms with E-state index in [9.17, 15) is 9.59 Å². The van der Waals surface area contributed by atoms with Crippen LogP contribution in [-0.4, -0.2) is 24.2 Å². The summed E-state index contributed by atoms with van der Waals surface area (Å²) in [7, 11) is 0. The normalized spacial score (nSPS) is 26.9. The molecule has 5 rings (SSSR count). The Bertz CT molecular complexity index is 1020. The maximum atomic E-state index is 13.3. The van der Waals surface area contributed by atoms with Gasteiger partial charge in [0.15, 0.2) is 0 Å². The molecule has 1 fully saturated rings. The molecule has 0 N–H and O–H groups in total. The van der Waals surface area contributed by atoms with Crippen molar-refractivity contribution in [3.8, 4) is 0 Å². The molecule has 1 amide bonds. The van der Waals surface area contributed by atoms with E-state index in [2.05, 4.69) is 12.1 Å². The minimum Gasteiger partial charge on any atom is -0.458 e. The Morgan fingerprint density at radius 3 is 2.57 bits per heavy atom. The summed E-state index contributed by atoms with van der Waals surface area (Å²) in [6.45, 7) is 1.68. The van der Waals surface area contributed by atoms with Crippen molar-refractivity contribution in [3.63, 3.8) is 0 Å². The van der Waals surface area contributed by atoms with Gasteiger partial charge < -0.3 is 14.4 Å². The van der Waals surface area contributed by atoms with Crippen LogP contribution in [0.4, 0.5) is 5.69 Å². The van der Waals surface area contributed by atoms with Crippen LogP contribution in [0.2, 0.25) is 0 Å². The molecular weight excluding hydrogens is 354 g/mol. The predicted octanol–water partition coefficient (Wildman–Crippen LogP) is 3.47. The number of benzene rings is 2. The van der Waals surface area contributed by atoms with Gasteiger partial charge in [0.1, 0.15) is 0 Å². The lowest BCUT2D eigenvalue weighted by Crippen LogP contribution is -2.34. The fourth-order valence-electron chi connectivity index (χ4n) is 4.34. The molecule has 0 bridgehead atoms. The van der Waals surface area contributed by atoms with Gasteiger partial charge in [0.05, 0.1) is 17.9 Å². The third kappa shape index (κ3) is 2.54. The number of cyclic esters (lactones) is 1. The highest BCUT2D eigenvalue weighted by atomic mass is 16.7. The maximum Gasteiger partial charge on any atom is 0.336 e. The number of ether oxygens (including phenoxy) is 2. The van der Waals surface area contributed by atoms with Gasteiger partial charge in [0.25, 0.3) is 12.2 Å². The van der Waals surface area contributed by atoms with Gasteiger partial charge in [-0.1, -0.05) is 42.5 Å². The number of anilines is 1. The Kier molecular flexibility index (Phi) is 3.83. The molecule has 5 heteroatoms. The summed E-state index contributed by atoms with van der Waals surface area (Å²) in [5.41, 5.74) is 4.38. The second kappa shape index (κ2) is 6.37. The number of nitrogens with zero attached hydrogens (tertiary/aromatic N) is 1. The zero-order chi connectivity index (χ0) is 19.3. The third-order valence-electron chi connectivity index (χ3n) is 5.63. The second-order valence-electron chi connectivity index (χ2n) is 7.29. The van der Waals surface area contributed by atoms with E-state index in [1.54, 1.807) is 13.0 Å². The van der Waals surface area contributed by atoms with Gasteiger partial charge in [-0.25, -0.2) is 4.79 Å². The van der Waals surface area contributed by atoms with Crippen molar-refractivity contribution in [2.24, 2.45) is 0 Å². The zero-order valence-electron chi connectivity index (χ0n) is 15.4. The quantitative estimate of drug-likeness (QED) is 0.470. The summed E-state index contributed by atoms with van der Waals surface area (Å²) in [4.78, 5) is 26.7. The average molecular weight is 373 g/mol. The Morgan fingerprint density at radius 1 is 1.07 bits per heavy atom. The highest BCUT2D eigenvalue weighted by molar-refractivity contribution is 6.11. The van der Waals surface area contributed by atoms with E-state index in [1.165, 1.54) is 11.8 Å². The van der Waals surface area contributed by atoms with Crippen LogP contribution in [0.3, 0.4) is 0 Å². The van der Waals surface area contributed by atoms with Crippen molar-refractivity contribution in [3.05, 3.63) is 89.2 Å². The Balaban J connectivity index is 1.53. The first-order valence-corrected chi connectivity index (χ1v) is 9.35. The fraction of sp³-hybridized carbons (Fsp3) is 0.217. The van der Waals surface area contributed by atoms with Gasteiger partial charge in [-0.15, -0.1) is 0 Å². The highest BCUT2D eigenvalue weighted by Gasteiger charge is 2.50. The number of carbonyl (C=O) groups is 2. The molecule has 3 aliphatic rings. The van der Waals surface area contributed by atoms with Gasteiger partial charge in [-0.05, 0) is 36.6 Å². The smallest absolute Gasteiger partial charge is 0.336 e. The van der Waals surface area contributed by atoms with Gasteiger partial charge in [0, 0.05) is 23.3 Å². The topological polar surface area (TPSA) is 55.8 Å². The van der Waals surface area contributed by atoms with E-state index in [1.807, 2.05) is 47.4 Å². The van der Waals surface area contributed by atoms with Crippen LogP contribution in [0.25, 0.3) is 0 Å². The summed E-state index contributed by atoms with van der Waals surface area (Å²) >= 11 is 0. The van der Waals surface area contributed by atoms with Crippen molar-refractivity contribution in [2.45, 2.75) is 31.6 Å². The van der Waals surface area contributed by atoms with Crippen molar-refractivity contribution >= 4 is 17.6 Å². The van der Waals surface area contributed by atoms with Gasteiger partial charge in [-0.3, -0.25) is 4.79 Å². The Labute approximate surface area is 162 Å². The monoisotopic (exact) mass is 373 g/mol. The lowest BCUT2D eigenvalue weighted by molar-refractivity contribution is -0.152. The summed E-state index contributed by atoms with van der Waals surface area (Å²) in [6, 6.07) is 17.9. The summed E-state index contributed by atoms with van der Waals surface area (Å²) in [6.07, 6.45) is 3.12. The summed E-state index contributed by atoms with van der Waals surface area (Å²) < 4.78 is 10.8. The van der Waals surface area contributed by atoms with E-state index >= 15 is 0 Å². The largest absolute Gasteiger partial charge is 0.458 e. The van der Waals surface area contributed by atoms with Crippen LogP contribution in [0.5, 0.6) is 0 Å². The molecule has 2 heterocycles. The molecule has 0 saturated carbocycles. The van der Waals surface area contributed by atoms with E-state index in [-0.39, 0.29) is 17.9 Å². The number of rotatable bonds is 3. The van der Waals surface area contributed by atoms with Crippen LogP contribution in [0.1, 0.15) is 24.0 Å². The number of esters is 1. The molecule has 0 spiro atoms. The average Bonchev–Trinajstić information content (AvgIpc) is 3.31. The molecule has 140 valence electrons. The molecule has 28 heavy (non-hydrogen) atoms. The molecule has 5 nitrogen and oxygen atoms in total. The first-order chi connectivity index (χ1) is 13.6. The molecule has 2 aliphatic heterocycles. The van der Waals surface area contributed by atoms with Crippen LogP contribution in [0, 0.1) is 0 Å². The van der Waals surface area contributed by atoms with Crippen molar-refractivity contribution in [1.29, 1.82) is 0 Å². The maximum absolute atomic E-state index is 13.3. The first kappa shape index (κ1) is 16.8. The molecule has 1 saturated heterocycles. The van der Waals surface area contributed by atoms with Crippen molar-refractivity contribution < 1.29 is 19.1 Å². The van der Waals surface area contributed by atoms with Crippen molar-refractivity contribution in [1.82, 2.24) is 0 Å². The van der Waals surface area contributed by atoms with Crippen LogP contribution in [0.15, 0.2) is 78.1 Å². The summed E-state index contributed by atoms with van der Waals surface area (Å²) in [5, 5.41) is 0. The summed E-state index contributed by atoms with van der Waals surface area (Å²) in [5.74, 6) is -0.525. The molecule has 0 radical (unpaired) electrons. The lowest BCUT2D eigenvalue weighted by atomic mass is 9.94. The van der Waals surface area contributed by atoms with Gasteiger partial charge >= 0.3 is 5.97 Å². The highest BCUT2D eigenvalue weighted by Crippen LogP contribution is 2.48. The van der Waals surface area contributed by atoms with Crippen LogP contribution in [-0.2, 0) is 25.5 Å². The first-order valence-electron chi connectivity index (χ1n) is 9.35. The fourth-order valence-corrected chi connectivity index (χ4v) is 4.34. The van der Waals surface area contributed by atoms with Gasteiger partial charge in [0.2, 0.25) is 0 Å². The zero-order valence-corrected chi connectivity index (χ0v) is 15.4. The molecule has 2 aromatic carbocycles. The minimum absolute atomic E-state index is 0.0190. The molecule has 3 unspecified atom stereocenters. The molecular formula is C23H19NO4. The molecule has 1 aliphatic carbocycles. The van der Waals surface area contributed by atoms with E-state index < -0.39 is 12.3 Å². The van der Waals surface area contributed by atoms with E-state index in [0.717, 1.165) is 17.7 Å². The number of para-hydroxylation sites is 1. The van der Waals surface area contributed by atoms with Gasteiger partial charge in [-0.2, -0.15) is 0 Å².